The first-order valence-electron chi connectivity index (χ1n) is 13.1. The van der Waals surface area contributed by atoms with Crippen molar-refractivity contribution in [2.75, 3.05) is 22.9 Å². The maximum absolute atomic E-state index is 13.6. The molecule has 5 heteroatoms. The van der Waals surface area contributed by atoms with Crippen LogP contribution in [0.2, 0.25) is 0 Å². The van der Waals surface area contributed by atoms with Gasteiger partial charge in [0.2, 0.25) is 0 Å². The Morgan fingerprint density at radius 1 is 0.842 bits per heavy atom. The maximum atomic E-state index is 13.6. The minimum absolute atomic E-state index is 0.0989. The number of fused-ring (bicyclic) bond motifs is 1. The normalized spacial score (nSPS) is 16.8. The van der Waals surface area contributed by atoms with E-state index in [1.54, 1.807) is 11.0 Å². The van der Waals surface area contributed by atoms with Gasteiger partial charge in [-0.3, -0.25) is 14.5 Å². The van der Waals surface area contributed by atoms with E-state index in [0.717, 1.165) is 46.2 Å². The van der Waals surface area contributed by atoms with Crippen LogP contribution < -0.4 is 9.80 Å². The van der Waals surface area contributed by atoms with Gasteiger partial charge in [0.1, 0.15) is 5.76 Å². The van der Waals surface area contributed by atoms with Crippen LogP contribution in [0.25, 0.3) is 16.5 Å². The number of hydrogen-bond donors (Lipinski definition) is 1. The highest BCUT2D eigenvalue weighted by Crippen LogP contribution is 2.44. The Morgan fingerprint density at radius 2 is 1.53 bits per heavy atom. The van der Waals surface area contributed by atoms with Crippen LogP contribution >= 0.6 is 0 Å². The van der Waals surface area contributed by atoms with Gasteiger partial charge in [-0.25, -0.2) is 0 Å². The van der Waals surface area contributed by atoms with E-state index in [4.69, 9.17) is 0 Å². The average Bonchev–Trinajstić information content (AvgIpc) is 3.20. The van der Waals surface area contributed by atoms with Crippen LogP contribution in [0.1, 0.15) is 42.1 Å². The molecule has 1 atom stereocenters. The number of rotatable bonds is 6. The lowest BCUT2D eigenvalue weighted by molar-refractivity contribution is -0.132. The summed E-state index contributed by atoms with van der Waals surface area (Å²) in [5.41, 5.74) is 5.05. The number of aryl methyl sites for hydroxylation is 1. The number of benzene rings is 4. The van der Waals surface area contributed by atoms with Gasteiger partial charge in [-0.1, -0.05) is 60.7 Å². The van der Waals surface area contributed by atoms with Gasteiger partial charge in [-0.15, -0.1) is 0 Å². The highest BCUT2D eigenvalue weighted by Gasteiger charge is 2.47. The topological polar surface area (TPSA) is 60.9 Å². The van der Waals surface area contributed by atoms with Crippen LogP contribution in [0, 0.1) is 13.8 Å². The Kier molecular flexibility index (Phi) is 6.77. The third-order valence-corrected chi connectivity index (χ3v) is 7.64. The number of ketones is 1. The molecule has 1 aliphatic heterocycles. The summed E-state index contributed by atoms with van der Waals surface area (Å²) in [5.74, 6) is -1.49. The van der Waals surface area contributed by atoms with Crippen molar-refractivity contribution in [3.63, 3.8) is 0 Å². The summed E-state index contributed by atoms with van der Waals surface area (Å²) in [6.07, 6.45) is 0. The third kappa shape index (κ3) is 4.24. The summed E-state index contributed by atoms with van der Waals surface area (Å²) in [7, 11) is 0. The molecule has 1 amide bonds. The van der Waals surface area contributed by atoms with Crippen molar-refractivity contribution in [3.8, 4) is 0 Å². The van der Waals surface area contributed by atoms with Gasteiger partial charge < -0.3 is 10.0 Å². The quantitative estimate of drug-likeness (QED) is 0.176. The van der Waals surface area contributed by atoms with Gasteiger partial charge in [-0.2, -0.15) is 0 Å². The first-order chi connectivity index (χ1) is 18.3. The number of hydrogen-bond acceptors (Lipinski definition) is 4. The zero-order chi connectivity index (χ0) is 27.0. The predicted molar refractivity (Wildman–Crippen MR) is 155 cm³/mol. The van der Waals surface area contributed by atoms with Crippen LogP contribution in [0.4, 0.5) is 11.4 Å². The summed E-state index contributed by atoms with van der Waals surface area (Å²) in [4.78, 5) is 31.0. The fourth-order valence-electron chi connectivity index (χ4n) is 5.34. The van der Waals surface area contributed by atoms with E-state index in [0.29, 0.717) is 11.3 Å². The zero-order valence-corrected chi connectivity index (χ0v) is 22.2. The fraction of sp³-hybridized carbons (Fsp3) is 0.212. The number of Topliss-reactive ketones (excluding diaryl/α,β-unsaturated/α-hetero) is 1. The van der Waals surface area contributed by atoms with E-state index in [9.17, 15) is 14.7 Å². The SMILES string of the molecule is CCN(CC)c1ccc(C2/C(=C(/O)c3ccc4ccccc4c3)C(=O)C(=O)N2c2cccc(C)c2C)cc1. The molecular weight excluding hydrogens is 472 g/mol. The summed E-state index contributed by atoms with van der Waals surface area (Å²) < 4.78 is 0. The fourth-order valence-corrected chi connectivity index (χ4v) is 5.34. The second kappa shape index (κ2) is 10.2. The molecule has 1 heterocycles. The number of carbonyl (C=O) groups is 2. The van der Waals surface area contributed by atoms with Crippen molar-refractivity contribution in [3.05, 3.63) is 113 Å². The minimum atomic E-state index is -0.757. The van der Waals surface area contributed by atoms with Gasteiger partial charge in [0.25, 0.3) is 11.7 Å². The lowest BCUT2D eigenvalue weighted by atomic mass is 9.94. The molecule has 38 heavy (non-hydrogen) atoms. The Bertz CT molecular complexity index is 1570. The molecule has 4 aromatic rings. The Balaban J connectivity index is 1.71. The Labute approximate surface area is 223 Å². The molecule has 1 aliphatic rings. The standard InChI is InChI=1S/C33H32N2O3/c1-5-34(6-2)27-18-16-24(17-19-27)30-29(31(36)26-15-14-23-11-7-8-12-25(23)20-26)32(37)33(38)35(30)28-13-9-10-21(3)22(28)4/h7-20,30,36H,5-6H2,1-4H3/b31-29-. The van der Waals surface area contributed by atoms with Crippen LogP contribution in [0.3, 0.4) is 0 Å². The van der Waals surface area contributed by atoms with Crippen molar-refractivity contribution in [2.24, 2.45) is 0 Å². The first-order valence-corrected chi connectivity index (χ1v) is 13.1. The van der Waals surface area contributed by atoms with Crippen LogP contribution in [-0.4, -0.2) is 29.9 Å². The Morgan fingerprint density at radius 3 is 2.21 bits per heavy atom. The minimum Gasteiger partial charge on any atom is -0.507 e. The largest absolute Gasteiger partial charge is 0.507 e. The molecule has 0 radical (unpaired) electrons. The monoisotopic (exact) mass is 504 g/mol. The smallest absolute Gasteiger partial charge is 0.300 e. The third-order valence-electron chi connectivity index (χ3n) is 7.64. The van der Waals surface area contributed by atoms with Crippen LogP contribution in [-0.2, 0) is 9.59 Å². The van der Waals surface area contributed by atoms with Crippen molar-refractivity contribution in [2.45, 2.75) is 33.7 Å². The number of anilines is 2. The molecule has 5 nitrogen and oxygen atoms in total. The van der Waals surface area contributed by atoms with E-state index in [-0.39, 0.29) is 11.3 Å². The molecule has 1 fully saturated rings. The summed E-state index contributed by atoms with van der Waals surface area (Å²) in [6.45, 7) is 9.90. The number of aliphatic hydroxyl groups is 1. The molecule has 192 valence electrons. The second-order valence-corrected chi connectivity index (χ2v) is 9.71. The number of nitrogens with zero attached hydrogens (tertiary/aromatic N) is 2. The zero-order valence-electron chi connectivity index (χ0n) is 22.2. The van der Waals surface area contributed by atoms with E-state index < -0.39 is 17.7 Å². The molecule has 1 N–H and O–H groups in total. The molecule has 0 aliphatic carbocycles. The van der Waals surface area contributed by atoms with Crippen LogP contribution in [0.15, 0.2) is 90.5 Å². The number of amides is 1. The van der Waals surface area contributed by atoms with Gasteiger partial charge in [0.15, 0.2) is 0 Å². The van der Waals surface area contributed by atoms with Crippen molar-refractivity contribution in [1.29, 1.82) is 0 Å². The average molecular weight is 505 g/mol. The van der Waals surface area contributed by atoms with Crippen molar-refractivity contribution in [1.82, 2.24) is 0 Å². The van der Waals surface area contributed by atoms with Crippen molar-refractivity contribution < 1.29 is 14.7 Å². The molecule has 5 rings (SSSR count). The second-order valence-electron chi connectivity index (χ2n) is 9.71. The van der Waals surface area contributed by atoms with Crippen LogP contribution in [0.5, 0.6) is 0 Å². The molecule has 0 aromatic heterocycles. The molecule has 1 unspecified atom stereocenters. The first kappa shape index (κ1) is 25.3. The van der Waals surface area contributed by atoms with E-state index in [1.807, 2.05) is 92.7 Å². The molecule has 0 spiro atoms. The molecular formula is C33H32N2O3. The number of aliphatic hydroxyl groups excluding tert-OH is 1. The van der Waals surface area contributed by atoms with Crippen molar-refractivity contribution >= 4 is 39.6 Å². The van der Waals surface area contributed by atoms with E-state index >= 15 is 0 Å². The van der Waals surface area contributed by atoms with Gasteiger partial charge in [0, 0.05) is 30.0 Å². The lowest BCUT2D eigenvalue weighted by Crippen LogP contribution is -2.30. The highest BCUT2D eigenvalue weighted by molar-refractivity contribution is 6.51. The van der Waals surface area contributed by atoms with E-state index in [2.05, 4.69) is 18.7 Å². The highest BCUT2D eigenvalue weighted by atomic mass is 16.3. The Hall–Kier alpha value is -4.38. The molecule has 0 bridgehead atoms. The predicted octanol–water partition coefficient (Wildman–Crippen LogP) is 6.93. The maximum Gasteiger partial charge on any atom is 0.300 e. The molecule has 4 aromatic carbocycles. The van der Waals surface area contributed by atoms with Gasteiger partial charge >= 0.3 is 0 Å². The lowest BCUT2D eigenvalue weighted by Gasteiger charge is -2.28. The van der Waals surface area contributed by atoms with E-state index in [1.165, 1.54) is 0 Å². The summed E-state index contributed by atoms with van der Waals surface area (Å²) >= 11 is 0. The molecule has 0 saturated carbocycles. The van der Waals surface area contributed by atoms with Gasteiger partial charge in [0.05, 0.1) is 11.6 Å². The molecule has 1 saturated heterocycles. The number of carbonyl (C=O) groups excluding carboxylic acids is 2. The van der Waals surface area contributed by atoms with Gasteiger partial charge in [-0.05, 0) is 79.4 Å². The summed E-state index contributed by atoms with van der Waals surface area (Å²) in [5, 5.41) is 13.6. The summed E-state index contributed by atoms with van der Waals surface area (Å²) in [6, 6.07) is 26.3.